The molecule has 2 heteroatoms. The Hall–Kier alpha value is 0.177. The second kappa shape index (κ2) is 4.91. The Morgan fingerprint density at radius 1 is 1.20 bits per heavy atom. The molecule has 1 nitrogen and oxygen atoms in total. The molecule has 0 amide bonds. The molecule has 60 valence electrons. The van der Waals surface area contributed by atoms with Crippen LogP contribution in [0.3, 0.4) is 0 Å². The standard InChI is InChI=1S/C8H19NSi/c1-7(2)6-9(10-5)8(3)4/h7-8H,6H2,1-5H3. The monoisotopic (exact) mass is 157 g/mol. The van der Waals surface area contributed by atoms with Gasteiger partial charge in [-0.25, -0.2) is 0 Å². The molecule has 0 aliphatic heterocycles. The molecule has 0 bridgehead atoms. The third kappa shape index (κ3) is 4.07. The summed E-state index contributed by atoms with van der Waals surface area (Å²) in [6.45, 7) is 12.6. The summed E-state index contributed by atoms with van der Waals surface area (Å²) in [5.74, 6) is 0.801. The van der Waals surface area contributed by atoms with E-state index in [1.165, 1.54) is 6.54 Å². The van der Waals surface area contributed by atoms with Crippen LogP contribution >= 0.6 is 0 Å². The normalized spacial score (nSPS) is 12.0. The minimum atomic E-state index is 0.714. The van der Waals surface area contributed by atoms with Crippen LogP contribution in [0.1, 0.15) is 27.7 Å². The molecule has 0 rings (SSSR count). The molecule has 0 N–H and O–H groups in total. The van der Waals surface area contributed by atoms with Crippen molar-refractivity contribution in [3.8, 4) is 0 Å². The van der Waals surface area contributed by atoms with Crippen LogP contribution in [0.25, 0.3) is 0 Å². The van der Waals surface area contributed by atoms with Gasteiger partial charge in [0.25, 0.3) is 0 Å². The Bertz CT molecular complexity index is 81.3. The van der Waals surface area contributed by atoms with E-state index in [1.807, 2.05) is 0 Å². The van der Waals surface area contributed by atoms with Gasteiger partial charge in [-0.1, -0.05) is 34.2 Å². The van der Waals surface area contributed by atoms with Crippen molar-refractivity contribution in [2.75, 3.05) is 6.54 Å². The lowest BCUT2D eigenvalue weighted by Gasteiger charge is -2.25. The summed E-state index contributed by atoms with van der Waals surface area (Å²) in [4.78, 5) is 0. The van der Waals surface area contributed by atoms with Crippen LogP contribution in [0.4, 0.5) is 0 Å². The highest BCUT2D eigenvalue weighted by Gasteiger charge is 2.07. The quantitative estimate of drug-likeness (QED) is 0.564. The molecule has 10 heavy (non-hydrogen) atoms. The summed E-state index contributed by atoms with van der Waals surface area (Å²) in [5.41, 5.74) is 0. The maximum absolute atomic E-state index is 2.52. The zero-order valence-electron chi connectivity index (χ0n) is 7.81. The zero-order chi connectivity index (χ0) is 8.15. The topological polar surface area (TPSA) is 3.24 Å². The number of hydrogen-bond acceptors (Lipinski definition) is 1. The van der Waals surface area contributed by atoms with Crippen LogP contribution in [-0.4, -0.2) is 26.8 Å². The first-order valence-electron chi connectivity index (χ1n) is 4.02. The predicted octanol–water partition coefficient (Wildman–Crippen LogP) is 2.02. The second-order valence-electron chi connectivity index (χ2n) is 3.36. The third-order valence-electron chi connectivity index (χ3n) is 1.47. The van der Waals surface area contributed by atoms with Crippen molar-refractivity contribution in [2.45, 2.75) is 40.3 Å². The molecule has 0 saturated carbocycles. The van der Waals surface area contributed by atoms with E-state index in [4.69, 9.17) is 0 Å². The molecule has 0 spiro atoms. The maximum Gasteiger partial charge on any atom is 0.138 e. The lowest BCUT2D eigenvalue weighted by Crippen LogP contribution is -2.35. The van der Waals surface area contributed by atoms with Gasteiger partial charge in [0, 0.05) is 0 Å². The van der Waals surface area contributed by atoms with Gasteiger partial charge >= 0.3 is 0 Å². The van der Waals surface area contributed by atoms with E-state index >= 15 is 0 Å². The molecule has 0 saturated heterocycles. The minimum Gasteiger partial charge on any atom is -0.323 e. The molecule has 0 atom stereocenters. The first-order chi connectivity index (χ1) is 4.57. The summed E-state index contributed by atoms with van der Waals surface area (Å²) in [5, 5.41) is 0. The average molecular weight is 157 g/mol. The SMILES string of the molecule is C[Si]N(CC(C)C)C(C)C. The van der Waals surface area contributed by atoms with Crippen molar-refractivity contribution >= 4 is 9.68 Å². The van der Waals surface area contributed by atoms with E-state index < -0.39 is 0 Å². The molecular formula is C8H19NSi. The van der Waals surface area contributed by atoms with E-state index in [9.17, 15) is 0 Å². The fourth-order valence-corrected chi connectivity index (χ4v) is 2.02. The van der Waals surface area contributed by atoms with Gasteiger partial charge in [-0.15, -0.1) is 0 Å². The first-order valence-corrected chi connectivity index (χ1v) is 5.46. The van der Waals surface area contributed by atoms with E-state index in [0.717, 1.165) is 15.6 Å². The van der Waals surface area contributed by atoms with Crippen molar-refractivity contribution in [3.05, 3.63) is 0 Å². The highest BCUT2D eigenvalue weighted by atomic mass is 28.2. The molecular weight excluding hydrogens is 138 g/mol. The van der Waals surface area contributed by atoms with Crippen molar-refractivity contribution in [1.82, 2.24) is 4.57 Å². The van der Waals surface area contributed by atoms with Gasteiger partial charge < -0.3 is 4.57 Å². The van der Waals surface area contributed by atoms with Crippen molar-refractivity contribution in [3.63, 3.8) is 0 Å². The molecule has 0 aromatic heterocycles. The van der Waals surface area contributed by atoms with E-state index in [-0.39, 0.29) is 0 Å². The molecule has 2 radical (unpaired) electrons. The first kappa shape index (κ1) is 10.2. The minimum absolute atomic E-state index is 0.714. The molecule has 0 aliphatic rings. The molecule has 0 unspecified atom stereocenters. The Morgan fingerprint density at radius 3 is 1.80 bits per heavy atom. The van der Waals surface area contributed by atoms with E-state index in [1.54, 1.807) is 0 Å². The Balaban J connectivity index is 3.60. The summed E-state index contributed by atoms with van der Waals surface area (Å²) < 4.78 is 2.52. The Kier molecular flexibility index (Phi) is 5.00. The maximum atomic E-state index is 2.52. The Morgan fingerprint density at radius 2 is 1.70 bits per heavy atom. The fraction of sp³-hybridized carbons (Fsp3) is 1.00. The fourth-order valence-electron chi connectivity index (χ4n) is 0.954. The summed E-state index contributed by atoms with van der Waals surface area (Å²) in [6, 6.07) is 0.714. The molecule has 0 aromatic carbocycles. The van der Waals surface area contributed by atoms with Gasteiger partial charge in [0.05, 0.1) is 0 Å². The van der Waals surface area contributed by atoms with Crippen molar-refractivity contribution in [2.24, 2.45) is 5.92 Å². The lowest BCUT2D eigenvalue weighted by atomic mass is 10.2. The van der Waals surface area contributed by atoms with Gasteiger partial charge in [0.2, 0.25) is 0 Å². The van der Waals surface area contributed by atoms with Crippen LogP contribution < -0.4 is 0 Å². The van der Waals surface area contributed by atoms with Gasteiger partial charge in [-0.05, 0) is 18.5 Å². The molecule has 0 fully saturated rings. The summed E-state index contributed by atoms with van der Waals surface area (Å²) >= 11 is 0. The average Bonchev–Trinajstić information content (AvgIpc) is 1.81. The van der Waals surface area contributed by atoms with E-state index in [2.05, 4.69) is 38.8 Å². The summed E-state index contributed by atoms with van der Waals surface area (Å²) in [6.07, 6.45) is 0. The molecule has 0 heterocycles. The van der Waals surface area contributed by atoms with Gasteiger partial charge in [0.1, 0.15) is 9.68 Å². The third-order valence-corrected chi connectivity index (χ3v) is 2.75. The highest BCUT2D eigenvalue weighted by Crippen LogP contribution is 2.01. The Labute approximate surface area is 67.7 Å². The van der Waals surface area contributed by atoms with Gasteiger partial charge in [-0.2, -0.15) is 0 Å². The zero-order valence-corrected chi connectivity index (χ0v) is 8.81. The largest absolute Gasteiger partial charge is 0.323 e. The van der Waals surface area contributed by atoms with Crippen LogP contribution in [0.5, 0.6) is 0 Å². The lowest BCUT2D eigenvalue weighted by molar-refractivity contribution is 0.331. The van der Waals surface area contributed by atoms with E-state index in [0.29, 0.717) is 6.04 Å². The van der Waals surface area contributed by atoms with Crippen molar-refractivity contribution < 1.29 is 0 Å². The summed E-state index contributed by atoms with van der Waals surface area (Å²) in [7, 11) is 0.955. The van der Waals surface area contributed by atoms with Gasteiger partial charge in [-0.3, -0.25) is 0 Å². The predicted molar refractivity (Wildman–Crippen MR) is 48.3 cm³/mol. The van der Waals surface area contributed by atoms with Crippen LogP contribution in [0.2, 0.25) is 6.55 Å². The van der Waals surface area contributed by atoms with Crippen LogP contribution in [0, 0.1) is 5.92 Å². The number of hydrogen-bond donors (Lipinski definition) is 0. The van der Waals surface area contributed by atoms with Crippen LogP contribution in [-0.2, 0) is 0 Å². The van der Waals surface area contributed by atoms with Crippen molar-refractivity contribution in [1.29, 1.82) is 0 Å². The van der Waals surface area contributed by atoms with Gasteiger partial charge in [0.15, 0.2) is 0 Å². The van der Waals surface area contributed by atoms with Crippen LogP contribution in [0.15, 0.2) is 0 Å². The molecule has 0 aromatic rings. The molecule has 0 aliphatic carbocycles. The number of nitrogens with zero attached hydrogens (tertiary/aromatic N) is 1. The number of rotatable bonds is 4. The second-order valence-corrected chi connectivity index (χ2v) is 4.39. The highest BCUT2D eigenvalue weighted by molar-refractivity contribution is 6.29. The smallest absolute Gasteiger partial charge is 0.138 e.